The van der Waals surface area contributed by atoms with Gasteiger partial charge in [-0.15, -0.1) is 5.73 Å². The first-order chi connectivity index (χ1) is 12.9. The highest BCUT2D eigenvalue weighted by Gasteiger charge is 2.08. The van der Waals surface area contributed by atoms with Crippen molar-refractivity contribution >= 4 is 11.1 Å². The Hall–Kier alpha value is -3.29. The number of hydrogen-bond donors (Lipinski definition) is 0. The lowest BCUT2D eigenvalue weighted by molar-refractivity contribution is 1.03. The Labute approximate surface area is 153 Å². The molecule has 0 bridgehead atoms. The Morgan fingerprint density at radius 3 is 2.50 bits per heavy atom. The molecule has 3 heteroatoms. The van der Waals surface area contributed by atoms with Gasteiger partial charge < -0.3 is 0 Å². The third-order valence-electron chi connectivity index (χ3n) is 4.34. The molecule has 0 aliphatic heterocycles. The molecule has 0 saturated carbocycles. The Morgan fingerprint density at radius 1 is 0.808 bits per heavy atom. The van der Waals surface area contributed by atoms with E-state index in [-0.39, 0.29) is 0 Å². The molecular formula is C23H19N3. The highest BCUT2D eigenvalue weighted by molar-refractivity contribution is 5.76. The molecule has 4 rings (SSSR count). The van der Waals surface area contributed by atoms with E-state index in [1.807, 2.05) is 18.2 Å². The minimum absolute atomic E-state index is 0.674. The maximum Gasteiger partial charge on any atom is 0.163 e. The second kappa shape index (κ2) is 7.73. The molecule has 0 radical (unpaired) electrons. The van der Waals surface area contributed by atoms with Crippen molar-refractivity contribution in [3.8, 4) is 11.4 Å². The van der Waals surface area contributed by atoms with Crippen LogP contribution in [-0.2, 0) is 0 Å². The lowest BCUT2D eigenvalue weighted by Crippen LogP contribution is -1.98. The average molecular weight is 337 g/mol. The fourth-order valence-corrected chi connectivity index (χ4v) is 2.96. The van der Waals surface area contributed by atoms with Gasteiger partial charge in [0.25, 0.3) is 0 Å². The highest BCUT2D eigenvalue weighted by Crippen LogP contribution is 2.24. The van der Waals surface area contributed by atoms with Crippen molar-refractivity contribution in [3.05, 3.63) is 96.3 Å². The van der Waals surface area contributed by atoms with Gasteiger partial charge in [-0.05, 0) is 42.6 Å². The van der Waals surface area contributed by atoms with Crippen LogP contribution < -0.4 is 0 Å². The molecule has 0 unspecified atom stereocenters. The summed E-state index contributed by atoms with van der Waals surface area (Å²) < 4.78 is 0. The summed E-state index contributed by atoms with van der Waals surface area (Å²) in [7, 11) is 0. The van der Waals surface area contributed by atoms with Crippen LogP contribution in [0.4, 0.5) is 0 Å². The number of nitrogens with zero attached hydrogens (tertiary/aromatic N) is 3. The zero-order valence-corrected chi connectivity index (χ0v) is 14.5. The van der Waals surface area contributed by atoms with Crippen LogP contribution in [0.2, 0.25) is 0 Å². The normalized spacial score (nSPS) is 18.0. The van der Waals surface area contributed by atoms with Crippen LogP contribution in [0.1, 0.15) is 30.7 Å². The number of hydrogen-bond acceptors (Lipinski definition) is 3. The van der Waals surface area contributed by atoms with Crippen molar-refractivity contribution in [1.29, 1.82) is 0 Å². The second-order valence-electron chi connectivity index (χ2n) is 6.15. The fraction of sp³-hybridized carbons (Fsp3) is 0.130. The summed E-state index contributed by atoms with van der Waals surface area (Å²) in [6, 6.07) is 8.40. The van der Waals surface area contributed by atoms with E-state index in [0.717, 1.165) is 30.4 Å². The summed E-state index contributed by atoms with van der Waals surface area (Å²) in [5, 5.41) is 0. The Morgan fingerprint density at radius 2 is 1.65 bits per heavy atom. The first-order valence-electron chi connectivity index (χ1n) is 8.85. The molecule has 1 aromatic carbocycles. The standard InChI is InChI=1S/C23H19N3/c1-2-5-11-20(12-6-3-1)22-24-17-25-23(26-22)21-15-13-19(14-16-21)18-9-7-4-8-10-18/h1-3,7,9-17H,4-5,8H2/b2-1?,20-11+. The molecule has 1 aromatic heterocycles. The van der Waals surface area contributed by atoms with Gasteiger partial charge in [-0.2, -0.15) is 0 Å². The first-order valence-corrected chi connectivity index (χ1v) is 8.85. The van der Waals surface area contributed by atoms with Gasteiger partial charge in [0.15, 0.2) is 11.6 Å². The summed E-state index contributed by atoms with van der Waals surface area (Å²) in [5.41, 5.74) is 7.58. The molecule has 3 nitrogen and oxygen atoms in total. The van der Waals surface area contributed by atoms with E-state index in [4.69, 9.17) is 0 Å². The summed E-state index contributed by atoms with van der Waals surface area (Å²) in [4.78, 5) is 13.3. The van der Waals surface area contributed by atoms with Gasteiger partial charge in [0.1, 0.15) is 6.33 Å². The molecular weight excluding hydrogens is 318 g/mol. The molecule has 1 heterocycles. The fourth-order valence-electron chi connectivity index (χ4n) is 2.96. The lowest BCUT2D eigenvalue weighted by atomic mass is 9.98. The van der Waals surface area contributed by atoms with E-state index in [1.165, 1.54) is 11.1 Å². The van der Waals surface area contributed by atoms with Crippen LogP contribution in [-0.4, -0.2) is 15.0 Å². The summed E-state index contributed by atoms with van der Waals surface area (Å²) >= 11 is 0. The number of rotatable bonds is 3. The van der Waals surface area contributed by atoms with E-state index >= 15 is 0 Å². The molecule has 2 aliphatic rings. The van der Waals surface area contributed by atoms with Gasteiger partial charge in [-0.1, -0.05) is 60.7 Å². The summed E-state index contributed by atoms with van der Waals surface area (Å²) in [5.74, 6) is 1.36. The van der Waals surface area contributed by atoms with Gasteiger partial charge in [0, 0.05) is 11.1 Å². The van der Waals surface area contributed by atoms with Crippen molar-refractivity contribution in [1.82, 2.24) is 15.0 Å². The van der Waals surface area contributed by atoms with Crippen LogP contribution in [0.15, 0.2) is 84.9 Å². The number of allylic oxidation sites excluding steroid dienone is 9. The molecule has 2 aromatic rings. The van der Waals surface area contributed by atoms with E-state index < -0.39 is 0 Å². The minimum Gasteiger partial charge on any atom is -0.217 e. The Kier molecular flexibility index (Phi) is 4.81. The third kappa shape index (κ3) is 3.69. The Balaban J connectivity index is 1.62. The van der Waals surface area contributed by atoms with E-state index in [2.05, 4.69) is 75.3 Å². The smallest absolute Gasteiger partial charge is 0.163 e. The molecule has 126 valence electrons. The molecule has 0 saturated heterocycles. The molecule has 0 amide bonds. The van der Waals surface area contributed by atoms with Crippen LogP contribution >= 0.6 is 0 Å². The van der Waals surface area contributed by atoms with Crippen LogP contribution in [0.25, 0.3) is 22.5 Å². The summed E-state index contributed by atoms with van der Waals surface area (Å²) in [6.07, 6.45) is 21.3. The van der Waals surface area contributed by atoms with Crippen molar-refractivity contribution in [3.63, 3.8) is 0 Å². The van der Waals surface area contributed by atoms with Crippen LogP contribution in [0.5, 0.6) is 0 Å². The zero-order valence-electron chi connectivity index (χ0n) is 14.5. The number of aromatic nitrogens is 3. The largest absolute Gasteiger partial charge is 0.217 e. The van der Waals surface area contributed by atoms with Crippen molar-refractivity contribution in [2.45, 2.75) is 19.3 Å². The van der Waals surface area contributed by atoms with Gasteiger partial charge in [-0.3, -0.25) is 0 Å². The van der Waals surface area contributed by atoms with Crippen molar-refractivity contribution < 1.29 is 0 Å². The van der Waals surface area contributed by atoms with Gasteiger partial charge >= 0.3 is 0 Å². The maximum atomic E-state index is 4.65. The van der Waals surface area contributed by atoms with Crippen molar-refractivity contribution in [2.75, 3.05) is 0 Å². The van der Waals surface area contributed by atoms with Crippen LogP contribution in [0.3, 0.4) is 0 Å². The zero-order chi connectivity index (χ0) is 17.6. The van der Waals surface area contributed by atoms with Crippen molar-refractivity contribution in [2.24, 2.45) is 0 Å². The lowest BCUT2D eigenvalue weighted by Gasteiger charge is -2.08. The van der Waals surface area contributed by atoms with E-state index in [1.54, 1.807) is 6.33 Å². The van der Waals surface area contributed by atoms with E-state index in [0.29, 0.717) is 11.6 Å². The topological polar surface area (TPSA) is 38.7 Å². The number of benzene rings is 1. The van der Waals surface area contributed by atoms with E-state index in [9.17, 15) is 0 Å². The van der Waals surface area contributed by atoms with Gasteiger partial charge in [0.05, 0.1) is 0 Å². The predicted molar refractivity (Wildman–Crippen MR) is 106 cm³/mol. The molecule has 0 N–H and O–H groups in total. The SMILES string of the molecule is C1=CC=CC/C=C(/c2ncnc(-c3ccc(C4=CCCC=C4)cc3)n2)C=1. The highest BCUT2D eigenvalue weighted by atomic mass is 15.0. The second-order valence-corrected chi connectivity index (χ2v) is 6.15. The quantitative estimate of drug-likeness (QED) is 0.711. The molecule has 2 aliphatic carbocycles. The maximum absolute atomic E-state index is 4.65. The van der Waals surface area contributed by atoms with Crippen LogP contribution in [0, 0.1) is 0 Å². The molecule has 0 fully saturated rings. The minimum atomic E-state index is 0.674. The van der Waals surface area contributed by atoms with Gasteiger partial charge in [-0.25, -0.2) is 15.0 Å². The Bertz CT molecular complexity index is 982. The average Bonchev–Trinajstić information content (AvgIpc) is 2.69. The monoisotopic (exact) mass is 337 g/mol. The van der Waals surface area contributed by atoms with Gasteiger partial charge in [0.2, 0.25) is 0 Å². The first kappa shape index (κ1) is 16.2. The molecule has 0 spiro atoms. The summed E-state index contributed by atoms with van der Waals surface area (Å²) in [6.45, 7) is 0. The molecule has 26 heavy (non-hydrogen) atoms. The predicted octanol–water partition coefficient (Wildman–Crippen LogP) is 5.33. The third-order valence-corrected chi connectivity index (χ3v) is 4.34. The molecule has 0 atom stereocenters.